The van der Waals surface area contributed by atoms with Crippen molar-refractivity contribution >= 4 is 33.6 Å². The molecule has 1 N–H and O–H groups in total. The van der Waals surface area contributed by atoms with Crippen molar-refractivity contribution in [2.45, 2.75) is 6.17 Å². The molecule has 49 heavy (non-hydrogen) atoms. The number of amidine groups is 2. The smallest absolute Gasteiger partial charge is 0.169 e. The normalized spacial score (nSPS) is 14.3. The van der Waals surface area contributed by atoms with Crippen molar-refractivity contribution in [3.05, 3.63) is 193 Å². The van der Waals surface area contributed by atoms with Crippen molar-refractivity contribution in [1.82, 2.24) is 5.32 Å². The maximum Gasteiger partial charge on any atom is 0.169 e. The molecule has 1 atom stereocenters. The first kappa shape index (κ1) is 28.7. The fraction of sp³-hybridized carbons (Fsp3) is 0.0222. The zero-order chi connectivity index (χ0) is 32.6. The third-order valence-electron chi connectivity index (χ3n) is 9.15. The molecular formula is C45H31N3O. The van der Waals surface area contributed by atoms with E-state index in [1.807, 2.05) is 30.3 Å². The van der Waals surface area contributed by atoms with E-state index in [0.717, 1.165) is 78.1 Å². The second-order valence-electron chi connectivity index (χ2n) is 12.2. The minimum atomic E-state index is -0.444. The molecule has 2 heterocycles. The monoisotopic (exact) mass is 629 g/mol. The van der Waals surface area contributed by atoms with E-state index in [-0.39, 0.29) is 0 Å². The van der Waals surface area contributed by atoms with Crippen molar-refractivity contribution in [3.63, 3.8) is 0 Å². The molecule has 4 nitrogen and oxygen atoms in total. The van der Waals surface area contributed by atoms with Crippen LogP contribution in [0.2, 0.25) is 0 Å². The molecule has 7 aromatic carbocycles. The molecule has 0 saturated heterocycles. The van der Waals surface area contributed by atoms with Crippen molar-refractivity contribution in [2.24, 2.45) is 9.98 Å². The van der Waals surface area contributed by atoms with Crippen LogP contribution >= 0.6 is 0 Å². The number of benzene rings is 7. The van der Waals surface area contributed by atoms with Gasteiger partial charge >= 0.3 is 0 Å². The first-order valence-corrected chi connectivity index (χ1v) is 16.5. The van der Waals surface area contributed by atoms with Crippen molar-refractivity contribution in [3.8, 4) is 33.4 Å². The number of nitrogens with one attached hydrogen (secondary N) is 1. The topological polar surface area (TPSA) is 49.9 Å². The number of furan rings is 1. The molecule has 0 amide bonds. The first-order chi connectivity index (χ1) is 24.3. The van der Waals surface area contributed by atoms with Gasteiger partial charge in [0.2, 0.25) is 0 Å². The van der Waals surface area contributed by atoms with Crippen LogP contribution in [0.25, 0.3) is 55.3 Å². The lowest BCUT2D eigenvalue weighted by molar-refractivity contribution is 0.669. The van der Waals surface area contributed by atoms with Crippen LogP contribution in [0, 0.1) is 0 Å². The molecule has 1 aliphatic heterocycles. The molecular weight excluding hydrogens is 599 g/mol. The lowest BCUT2D eigenvalue weighted by Gasteiger charge is -2.23. The van der Waals surface area contributed by atoms with Gasteiger partial charge in [-0.2, -0.15) is 0 Å². The highest BCUT2D eigenvalue weighted by molar-refractivity contribution is 6.16. The summed E-state index contributed by atoms with van der Waals surface area (Å²) >= 11 is 0. The maximum atomic E-state index is 6.21. The van der Waals surface area contributed by atoms with Crippen LogP contribution in [0.5, 0.6) is 0 Å². The summed E-state index contributed by atoms with van der Waals surface area (Å²) in [5.41, 5.74) is 11.7. The molecule has 0 spiro atoms. The molecule has 232 valence electrons. The Labute approximate surface area is 284 Å². The summed E-state index contributed by atoms with van der Waals surface area (Å²) in [5, 5.41) is 5.82. The Morgan fingerprint density at radius 3 is 1.76 bits per heavy atom. The van der Waals surface area contributed by atoms with Crippen molar-refractivity contribution < 1.29 is 4.42 Å². The largest absolute Gasteiger partial charge is 0.456 e. The van der Waals surface area contributed by atoms with Gasteiger partial charge in [-0.15, -0.1) is 0 Å². The molecule has 0 saturated carbocycles. The lowest BCUT2D eigenvalue weighted by Crippen LogP contribution is -2.36. The summed E-state index contributed by atoms with van der Waals surface area (Å²) in [4.78, 5) is 10.5. The van der Waals surface area contributed by atoms with E-state index < -0.39 is 6.17 Å². The number of hydrogen-bond donors (Lipinski definition) is 1. The van der Waals surface area contributed by atoms with E-state index in [9.17, 15) is 0 Å². The molecule has 1 aliphatic rings. The zero-order valence-electron chi connectivity index (χ0n) is 26.6. The van der Waals surface area contributed by atoms with Crippen molar-refractivity contribution in [1.29, 1.82) is 0 Å². The Balaban J connectivity index is 1.14. The van der Waals surface area contributed by atoms with E-state index in [1.54, 1.807) is 0 Å². The first-order valence-electron chi connectivity index (χ1n) is 16.5. The van der Waals surface area contributed by atoms with Gasteiger partial charge in [-0.25, -0.2) is 9.98 Å². The van der Waals surface area contributed by atoms with Gasteiger partial charge in [0, 0.05) is 21.9 Å². The predicted molar refractivity (Wildman–Crippen MR) is 202 cm³/mol. The zero-order valence-corrected chi connectivity index (χ0v) is 26.6. The van der Waals surface area contributed by atoms with Gasteiger partial charge in [-0.05, 0) is 63.2 Å². The van der Waals surface area contributed by atoms with Gasteiger partial charge in [0.25, 0.3) is 0 Å². The number of rotatable bonds is 6. The summed E-state index contributed by atoms with van der Waals surface area (Å²) in [5.74, 6) is 1.57. The van der Waals surface area contributed by atoms with Crippen LogP contribution in [0.3, 0.4) is 0 Å². The lowest BCUT2D eigenvalue weighted by atomic mass is 9.97. The van der Waals surface area contributed by atoms with Crippen LogP contribution in [-0.2, 0) is 0 Å². The van der Waals surface area contributed by atoms with E-state index >= 15 is 0 Å². The fourth-order valence-electron chi connectivity index (χ4n) is 6.70. The summed E-state index contributed by atoms with van der Waals surface area (Å²) < 4.78 is 6.21. The highest BCUT2D eigenvalue weighted by atomic mass is 16.3. The second-order valence-corrected chi connectivity index (χ2v) is 12.2. The highest BCUT2D eigenvalue weighted by Gasteiger charge is 2.22. The van der Waals surface area contributed by atoms with Crippen LogP contribution < -0.4 is 5.32 Å². The van der Waals surface area contributed by atoms with E-state index in [0.29, 0.717) is 0 Å². The SMILES string of the molecule is c1ccc(-c2ccc(C3=NC(c4cccc(-c5cccc6oc7ccccc7c56)c4)N=C(c4cccc(-c5ccccc5)c4)N3)cc2)cc1. The van der Waals surface area contributed by atoms with Crippen LogP contribution in [0.15, 0.2) is 190 Å². The number of fused-ring (bicyclic) bond motifs is 3. The Kier molecular flexibility index (Phi) is 7.17. The average Bonchev–Trinajstić information content (AvgIpc) is 3.58. The summed E-state index contributed by atoms with van der Waals surface area (Å²) in [6.45, 7) is 0. The summed E-state index contributed by atoms with van der Waals surface area (Å²) in [7, 11) is 0. The molecule has 9 rings (SSSR count). The average molecular weight is 630 g/mol. The molecule has 0 fully saturated rings. The van der Waals surface area contributed by atoms with Gasteiger partial charge in [0.05, 0.1) is 0 Å². The highest BCUT2D eigenvalue weighted by Crippen LogP contribution is 2.38. The Morgan fingerprint density at radius 2 is 0.959 bits per heavy atom. The van der Waals surface area contributed by atoms with Gasteiger partial charge in [-0.1, -0.05) is 152 Å². The number of para-hydroxylation sites is 1. The Bertz CT molecular complexity index is 2510. The number of aliphatic imine (C=N–C) groups is 2. The predicted octanol–water partition coefficient (Wildman–Crippen LogP) is 11.1. The van der Waals surface area contributed by atoms with Gasteiger partial charge in [0.15, 0.2) is 6.17 Å². The molecule has 4 heteroatoms. The van der Waals surface area contributed by atoms with Crippen molar-refractivity contribution in [2.75, 3.05) is 0 Å². The molecule has 1 unspecified atom stereocenters. The Morgan fingerprint density at radius 1 is 0.408 bits per heavy atom. The maximum absolute atomic E-state index is 6.21. The number of nitrogens with zero attached hydrogens (tertiary/aromatic N) is 2. The fourth-order valence-corrected chi connectivity index (χ4v) is 6.70. The minimum absolute atomic E-state index is 0.444. The molecule has 8 aromatic rings. The third-order valence-corrected chi connectivity index (χ3v) is 9.15. The van der Waals surface area contributed by atoms with Crippen LogP contribution in [0.4, 0.5) is 0 Å². The Hall–Kier alpha value is -6.52. The third kappa shape index (κ3) is 5.49. The molecule has 0 aliphatic carbocycles. The van der Waals surface area contributed by atoms with Gasteiger partial charge in [0.1, 0.15) is 22.8 Å². The molecule has 0 bridgehead atoms. The molecule has 0 radical (unpaired) electrons. The van der Waals surface area contributed by atoms with Gasteiger partial charge in [-0.3, -0.25) is 0 Å². The van der Waals surface area contributed by atoms with Crippen LogP contribution in [-0.4, -0.2) is 11.7 Å². The summed E-state index contributed by atoms with van der Waals surface area (Å²) in [6.07, 6.45) is -0.444. The van der Waals surface area contributed by atoms with Gasteiger partial charge < -0.3 is 9.73 Å². The number of hydrogen-bond acceptors (Lipinski definition) is 4. The minimum Gasteiger partial charge on any atom is -0.456 e. The molecule has 1 aromatic heterocycles. The standard InChI is InChI=1S/C45H31N3O/c1-3-12-30(13-4-1)32-24-26-33(27-25-32)43-46-44(36-18-9-16-34(28-36)31-14-5-2-6-15-31)48-45(47-43)37-19-10-17-35(29-37)38-21-11-23-41-42(38)39-20-7-8-22-40(39)49-41/h1-29,45H,(H,46,47,48). The summed E-state index contributed by atoms with van der Waals surface area (Å²) in [6, 6.07) is 61.1. The second kappa shape index (κ2) is 12.3. The van der Waals surface area contributed by atoms with E-state index in [2.05, 4.69) is 151 Å². The van der Waals surface area contributed by atoms with E-state index in [1.165, 1.54) is 5.56 Å². The van der Waals surface area contributed by atoms with Crippen LogP contribution in [0.1, 0.15) is 22.9 Å². The van der Waals surface area contributed by atoms with E-state index in [4.69, 9.17) is 14.4 Å². The quantitative estimate of drug-likeness (QED) is 0.199.